The number of hydrogen-bond donors (Lipinski definition) is 0. The minimum Gasteiger partial charge on any atom is -0.375 e. The quantitative estimate of drug-likeness (QED) is 0.362. The molecule has 0 aliphatic rings. The van der Waals surface area contributed by atoms with Gasteiger partial charge < -0.3 is 4.18 Å². The van der Waals surface area contributed by atoms with Gasteiger partial charge in [0.1, 0.15) is 0 Å². The van der Waals surface area contributed by atoms with E-state index in [1.54, 1.807) is 0 Å². The van der Waals surface area contributed by atoms with E-state index in [0.29, 0.717) is 0 Å². The number of nitro groups is 1. The molecule has 6 nitrogen and oxygen atoms in total. The maximum atomic E-state index is 12.0. The Hall–Kier alpha value is -1.36. The van der Waals surface area contributed by atoms with Gasteiger partial charge in [0.25, 0.3) is 5.69 Å². The summed E-state index contributed by atoms with van der Waals surface area (Å²) in [4.78, 5) is 9.56. The molecule has 0 aliphatic carbocycles. The van der Waals surface area contributed by atoms with Crippen LogP contribution in [-0.4, -0.2) is 18.8 Å². The minimum absolute atomic E-state index is 0.287. The second kappa shape index (κ2) is 4.72. The van der Waals surface area contributed by atoms with E-state index < -0.39 is 32.0 Å². The molecule has 1 aromatic carbocycles. The molecule has 0 radical (unpaired) electrons. The summed E-state index contributed by atoms with van der Waals surface area (Å²) in [6.07, 6.45) is 0. The molecule has 0 saturated carbocycles. The van der Waals surface area contributed by atoms with Crippen LogP contribution in [0.2, 0.25) is 0 Å². The molecule has 1 rings (SSSR count). The van der Waals surface area contributed by atoms with Gasteiger partial charge in [-0.2, -0.15) is 21.6 Å². The summed E-state index contributed by atoms with van der Waals surface area (Å²) in [6.45, 7) is 0. The lowest BCUT2D eigenvalue weighted by molar-refractivity contribution is -0.384. The highest BCUT2D eigenvalue weighted by atomic mass is 79.9. The van der Waals surface area contributed by atoms with Crippen LogP contribution in [0.25, 0.3) is 0 Å². The second-order valence-corrected chi connectivity index (χ2v) is 5.25. The molecule has 0 spiro atoms. The zero-order valence-corrected chi connectivity index (χ0v) is 10.5. The molecular formula is C7H3BrF3NO5S. The highest BCUT2D eigenvalue weighted by Gasteiger charge is 2.48. The Morgan fingerprint density at radius 1 is 1.33 bits per heavy atom. The lowest BCUT2D eigenvalue weighted by Crippen LogP contribution is -2.28. The van der Waals surface area contributed by atoms with Crippen molar-refractivity contribution in [1.82, 2.24) is 0 Å². The topological polar surface area (TPSA) is 86.5 Å². The van der Waals surface area contributed by atoms with Gasteiger partial charge in [0, 0.05) is 12.1 Å². The zero-order valence-electron chi connectivity index (χ0n) is 8.14. The van der Waals surface area contributed by atoms with Crippen LogP contribution in [0.4, 0.5) is 18.9 Å². The van der Waals surface area contributed by atoms with E-state index in [1.807, 2.05) is 0 Å². The molecule has 0 saturated heterocycles. The SMILES string of the molecule is O=[N+]([O-])c1ccc(OS(=O)(=O)C(F)(F)F)c(Br)c1. The normalized spacial score (nSPS) is 12.2. The number of non-ortho nitro benzene ring substituents is 1. The first-order valence-electron chi connectivity index (χ1n) is 3.99. The summed E-state index contributed by atoms with van der Waals surface area (Å²) in [7, 11) is -5.81. The molecular weight excluding hydrogens is 347 g/mol. The summed E-state index contributed by atoms with van der Waals surface area (Å²) in [6, 6.07) is 2.37. The summed E-state index contributed by atoms with van der Waals surface area (Å²) in [5.41, 5.74) is -6.01. The van der Waals surface area contributed by atoms with Crippen LogP contribution in [0.15, 0.2) is 22.7 Å². The van der Waals surface area contributed by atoms with Gasteiger partial charge in [-0.1, -0.05) is 0 Å². The van der Waals surface area contributed by atoms with Crippen LogP contribution in [0, 0.1) is 10.1 Å². The fraction of sp³-hybridized carbons (Fsp3) is 0.143. The monoisotopic (exact) mass is 349 g/mol. The number of hydrogen-bond acceptors (Lipinski definition) is 5. The maximum Gasteiger partial charge on any atom is 0.534 e. The van der Waals surface area contributed by atoms with Crippen molar-refractivity contribution < 1.29 is 30.7 Å². The van der Waals surface area contributed by atoms with E-state index >= 15 is 0 Å². The van der Waals surface area contributed by atoms with Crippen LogP contribution in [-0.2, 0) is 10.1 Å². The molecule has 0 heterocycles. The predicted molar refractivity (Wildman–Crippen MR) is 56.4 cm³/mol. The first-order valence-corrected chi connectivity index (χ1v) is 6.19. The van der Waals surface area contributed by atoms with Crippen molar-refractivity contribution in [2.75, 3.05) is 0 Å². The van der Waals surface area contributed by atoms with E-state index in [4.69, 9.17) is 0 Å². The van der Waals surface area contributed by atoms with E-state index in [-0.39, 0.29) is 4.47 Å². The van der Waals surface area contributed by atoms with Crippen molar-refractivity contribution in [3.05, 3.63) is 32.8 Å². The van der Waals surface area contributed by atoms with Gasteiger partial charge in [-0.25, -0.2) is 0 Å². The third-order valence-electron chi connectivity index (χ3n) is 1.61. The Morgan fingerprint density at radius 2 is 1.89 bits per heavy atom. The molecule has 0 bridgehead atoms. The molecule has 0 N–H and O–H groups in total. The summed E-state index contributed by atoms with van der Waals surface area (Å²) >= 11 is 2.67. The van der Waals surface area contributed by atoms with Gasteiger partial charge in [0.15, 0.2) is 5.75 Å². The van der Waals surface area contributed by atoms with Crippen LogP contribution in [0.5, 0.6) is 5.75 Å². The Labute approximate surface area is 107 Å². The first kappa shape index (κ1) is 14.7. The standard InChI is InChI=1S/C7H3BrF3NO5S/c8-5-3-4(12(13)14)1-2-6(5)17-18(15,16)7(9,10)11/h1-3H. The fourth-order valence-corrected chi connectivity index (χ4v) is 1.87. The van der Waals surface area contributed by atoms with Crippen LogP contribution in [0.3, 0.4) is 0 Å². The Bertz CT molecular complexity index is 585. The van der Waals surface area contributed by atoms with Crippen molar-refractivity contribution in [1.29, 1.82) is 0 Å². The van der Waals surface area contributed by atoms with Crippen molar-refractivity contribution in [2.24, 2.45) is 0 Å². The van der Waals surface area contributed by atoms with E-state index in [9.17, 15) is 31.7 Å². The predicted octanol–water partition coefficient (Wildman–Crippen LogP) is 2.59. The number of nitrogens with zero attached hydrogens (tertiary/aromatic N) is 1. The largest absolute Gasteiger partial charge is 0.534 e. The number of rotatable bonds is 3. The average Bonchev–Trinajstić information content (AvgIpc) is 2.18. The van der Waals surface area contributed by atoms with Gasteiger partial charge in [-0.05, 0) is 22.0 Å². The summed E-state index contributed by atoms with van der Waals surface area (Å²) in [5.74, 6) is -0.696. The van der Waals surface area contributed by atoms with Gasteiger partial charge in [0.2, 0.25) is 0 Å². The number of nitro benzene ring substituents is 1. The summed E-state index contributed by atoms with van der Waals surface area (Å²) in [5, 5.41) is 10.4. The molecule has 0 amide bonds. The zero-order chi connectivity index (χ0) is 14.1. The highest BCUT2D eigenvalue weighted by molar-refractivity contribution is 9.10. The third kappa shape index (κ3) is 3.10. The lowest BCUT2D eigenvalue weighted by atomic mass is 10.3. The number of halogens is 4. The number of alkyl halides is 3. The molecule has 1 aromatic rings. The summed E-state index contributed by atoms with van der Waals surface area (Å²) < 4.78 is 61.0. The molecule has 100 valence electrons. The van der Waals surface area contributed by atoms with E-state index in [1.165, 1.54) is 0 Å². The molecule has 18 heavy (non-hydrogen) atoms. The Kier molecular flexibility index (Phi) is 3.86. The van der Waals surface area contributed by atoms with Crippen LogP contribution < -0.4 is 4.18 Å². The van der Waals surface area contributed by atoms with Crippen molar-refractivity contribution in [3.63, 3.8) is 0 Å². The van der Waals surface area contributed by atoms with Crippen LogP contribution >= 0.6 is 15.9 Å². The van der Waals surface area contributed by atoms with Gasteiger partial charge in [0.05, 0.1) is 9.40 Å². The van der Waals surface area contributed by atoms with Gasteiger partial charge in [-0.3, -0.25) is 10.1 Å². The molecule has 0 fully saturated rings. The van der Waals surface area contributed by atoms with E-state index in [2.05, 4.69) is 20.1 Å². The smallest absolute Gasteiger partial charge is 0.375 e. The highest BCUT2D eigenvalue weighted by Crippen LogP contribution is 2.33. The first-order chi connectivity index (χ1) is 8.04. The molecule has 0 unspecified atom stereocenters. The minimum atomic E-state index is -5.81. The Morgan fingerprint density at radius 3 is 2.28 bits per heavy atom. The molecule has 0 atom stereocenters. The van der Waals surface area contributed by atoms with Gasteiger partial charge >= 0.3 is 15.6 Å². The van der Waals surface area contributed by atoms with E-state index in [0.717, 1.165) is 18.2 Å². The average molecular weight is 350 g/mol. The van der Waals surface area contributed by atoms with Crippen molar-refractivity contribution >= 4 is 31.7 Å². The molecule has 0 aromatic heterocycles. The third-order valence-corrected chi connectivity index (χ3v) is 3.19. The lowest BCUT2D eigenvalue weighted by Gasteiger charge is -2.10. The fourth-order valence-electron chi connectivity index (χ4n) is 0.836. The molecule has 11 heteroatoms. The molecule has 0 aliphatic heterocycles. The number of benzene rings is 1. The second-order valence-electron chi connectivity index (χ2n) is 2.86. The van der Waals surface area contributed by atoms with Crippen LogP contribution in [0.1, 0.15) is 0 Å². The van der Waals surface area contributed by atoms with Crippen molar-refractivity contribution in [3.8, 4) is 5.75 Å². The maximum absolute atomic E-state index is 12.0. The Balaban J connectivity index is 3.11. The van der Waals surface area contributed by atoms with Gasteiger partial charge in [-0.15, -0.1) is 0 Å². The van der Waals surface area contributed by atoms with Crippen molar-refractivity contribution in [2.45, 2.75) is 5.51 Å².